The van der Waals surface area contributed by atoms with Crippen molar-refractivity contribution in [2.75, 3.05) is 13.6 Å². The van der Waals surface area contributed by atoms with E-state index in [4.69, 9.17) is 5.11 Å². The van der Waals surface area contributed by atoms with Crippen molar-refractivity contribution in [2.24, 2.45) is 5.41 Å². The fourth-order valence-corrected chi connectivity index (χ4v) is 1.71. The van der Waals surface area contributed by atoms with E-state index >= 15 is 0 Å². The van der Waals surface area contributed by atoms with E-state index in [0.717, 1.165) is 0 Å². The zero-order valence-corrected chi connectivity index (χ0v) is 12.5. The minimum atomic E-state index is -1.01. The highest BCUT2D eigenvalue weighted by atomic mass is 19.1. The second kappa shape index (κ2) is 7.06. The van der Waals surface area contributed by atoms with Crippen LogP contribution >= 0.6 is 0 Å². The van der Waals surface area contributed by atoms with Gasteiger partial charge in [-0.25, -0.2) is 9.18 Å². The summed E-state index contributed by atoms with van der Waals surface area (Å²) in [5.74, 6) is -1.33. The van der Waals surface area contributed by atoms with E-state index < -0.39 is 17.4 Å². The van der Waals surface area contributed by atoms with Crippen LogP contribution in [0.5, 0.6) is 0 Å². The van der Waals surface area contributed by atoms with E-state index in [0.29, 0.717) is 12.0 Å². The highest BCUT2D eigenvalue weighted by Gasteiger charge is 2.31. The quantitative estimate of drug-likeness (QED) is 0.847. The Hall–Kier alpha value is -2.11. The van der Waals surface area contributed by atoms with Gasteiger partial charge in [0, 0.05) is 25.7 Å². The standard InChI is InChI=1S/C15H21FN2O3/c1-4-15(2,13(19)20)10-17-14(21)18(3)9-11-7-5-6-8-12(11)16/h5-8H,4,9-10H2,1-3H3,(H,17,21)(H,19,20). The van der Waals surface area contributed by atoms with E-state index in [2.05, 4.69) is 5.32 Å². The molecule has 2 N–H and O–H groups in total. The van der Waals surface area contributed by atoms with Crippen molar-refractivity contribution < 1.29 is 19.1 Å². The lowest BCUT2D eigenvalue weighted by atomic mass is 9.88. The molecular weight excluding hydrogens is 275 g/mol. The third-order valence-corrected chi connectivity index (χ3v) is 3.64. The number of carbonyl (C=O) groups is 2. The number of amides is 2. The lowest BCUT2D eigenvalue weighted by Crippen LogP contribution is -2.45. The number of carboxylic acid groups (broad SMARTS) is 1. The number of rotatable bonds is 6. The smallest absolute Gasteiger partial charge is 0.317 e. The molecule has 0 aliphatic heterocycles. The summed E-state index contributed by atoms with van der Waals surface area (Å²) >= 11 is 0. The summed E-state index contributed by atoms with van der Waals surface area (Å²) in [7, 11) is 1.53. The number of urea groups is 1. The molecule has 1 aromatic carbocycles. The molecule has 2 amide bonds. The van der Waals surface area contributed by atoms with Crippen LogP contribution < -0.4 is 5.32 Å². The second-order valence-corrected chi connectivity index (χ2v) is 5.33. The van der Waals surface area contributed by atoms with Crippen molar-refractivity contribution in [1.29, 1.82) is 0 Å². The molecule has 5 nitrogen and oxygen atoms in total. The molecule has 0 aromatic heterocycles. The molecule has 116 valence electrons. The summed E-state index contributed by atoms with van der Waals surface area (Å²) in [6.45, 7) is 3.48. The molecule has 0 bridgehead atoms. The van der Waals surface area contributed by atoms with Gasteiger partial charge >= 0.3 is 12.0 Å². The van der Waals surface area contributed by atoms with E-state index in [1.54, 1.807) is 32.0 Å². The molecule has 0 heterocycles. The molecule has 1 atom stereocenters. The van der Waals surface area contributed by atoms with Crippen LogP contribution in [0.2, 0.25) is 0 Å². The Labute approximate surface area is 123 Å². The molecule has 21 heavy (non-hydrogen) atoms. The monoisotopic (exact) mass is 296 g/mol. The average Bonchev–Trinajstić information content (AvgIpc) is 2.46. The summed E-state index contributed by atoms with van der Waals surface area (Å²) in [6.07, 6.45) is 0.402. The molecule has 0 fully saturated rings. The summed E-state index contributed by atoms with van der Waals surface area (Å²) < 4.78 is 13.5. The molecule has 0 aliphatic rings. The van der Waals surface area contributed by atoms with Crippen LogP contribution in [0, 0.1) is 11.2 Å². The molecule has 0 saturated carbocycles. The Balaban J connectivity index is 2.60. The Morgan fingerprint density at radius 2 is 2.00 bits per heavy atom. The summed E-state index contributed by atoms with van der Waals surface area (Å²) in [4.78, 5) is 24.4. The van der Waals surface area contributed by atoms with Crippen molar-refractivity contribution >= 4 is 12.0 Å². The Bertz CT molecular complexity index is 521. The van der Waals surface area contributed by atoms with Gasteiger partial charge in [0.2, 0.25) is 0 Å². The van der Waals surface area contributed by atoms with E-state index in [1.807, 2.05) is 0 Å². The van der Waals surface area contributed by atoms with E-state index in [-0.39, 0.29) is 18.9 Å². The SMILES string of the molecule is CCC(C)(CNC(=O)N(C)Cc1ccccc1F)C(=O)O. The predicted octanol–water partition coefficient (Wildman–Crippen LogP) is 2.47. The number of aliphatic carboxylic acids is 1. The summed E-state index contributed by atoms with van der Waals surface area (Å²) in [6, 6.07) is 5.78. The van der Waals surface area contributed by atoms with Crippen LogP contribution in [0.3, 0.4) is 0 Å². The van der Waals surface area contributed by atoms with Gasteiger partial charge in [-0.15, -0.1) is 0 Å². The number of carboxylic acids is 1. The number of benzene rings is 1. The molecule has 1 unspecified atom stereocenters. The Morgan fingerprint density at radius 3 is 2.52 bits per heavy atom. The lowest BCUT2D eigenvalue weighted by molar-refractivity contribution is -0.147. The Kier molecular flexibility index (Phi) is 5.69. The van der Waals surface area contributed by atoms with Crippen LogP contribution in [0.25, 0.3) is 0 Å². The van der Waals surface area contributed by atoms with Crippen molar-refractivity contribution in [1.82, 2.24) is 10.2 Å². The van der Waals surface area contributed by atoms with Gasteiger partial charge in [-0.3, -0.25) is 4.79 Å². The summed E-state index contributed by atoms with van der Waals surface area (Å²) in [5.41, 5.74) is -0.597. The fraction of sp³-hybridized carbons (Fsp3) is 0.467. The van der Waals surface area contributed by atoms with Crippen LogP contribution in [-0.4, -0.2) is 35.6 Å². The number of hydrogen-bond donors (Lipinski definition) is 2. The maximum absolute atomic E-state index is 13.5. The van der Waals surface area contributed by atoms with E-state index in [1.165, 1.54) is 18.0 Å². The van der Waals surface area contributed by atoms with E-state index in [9.17, 15) is 14.0 Å². The van der Waals surface area contributed by atoms with Crippen LogP contribution in [-0.2, 0) is 11.3 Å². The zero-order chi connectivity index (χ0) is 16.0. The van der Waals surface area contributed by atoms with Gasteiger partial charge in [-0.1, -0.05) is 25.1 Å². The number of carbonyl (C=O) groups excluding carboxylic acids is 1. The maximum Gasteiger partial charge on any atom is 0.317 e. The minimum Gasteiger partial charge on any atom is -0.481 e. The molecule has 0 radical (unpaired) electrons. The van der Waals surface area contributed by atoms with Crippen molar-refractivity contribution in [3.8, 4) is 0 Å². The minimum absolute atomic E-state index is 0.0271. The molecule has 6 heteroatoms. The van der Waals surface area contributed by atoms with Crippen molar-refractivity contribution in [2.45, 2.75) is 26.8 Å². The van der Waals surface area contributed by atoms with Gasteiger partial charge < -0.3 is 15.3 Å². The molecule has 1 rings (SSSR count). The third kappa shape index (κ3) is 4.44. The average molecular weight is 296 g/mol. The van der Waals surface area contributed by atoms with Crippen LogP contribution in [0.15, 0.2) is 24.3 Å². The first-order chi connectivity index (χ1) is 9.80. The first-order valence-corrected chi connectivity index (χ1v) is 6.76. The Morgan fingerprint density at radius 1 is 1.38 bits per heavy atom. The lowest BCUT2D eigenvalue weighted by Gasteiger charge is -2.25. The van der Waals surface area contributed by atoms with Crippen LogP contribution in [0.4, 0.5) is 9.18 Å². The first-order valence-electron chi connectivity index (χ1n) is 6.76. The van der Waals surface area contributed by atoms with Crippen molar-refractivity contribution in [3.63, 3.8) is 0 Å². The van der Waals surface area contributed by atoms with Gasteiger partial charge in [0.05, 0.1) is 5.41 Å². The number of hydrogen-bond acceptors (Lipinski definition) is 2. The third-order valence-electron chi connectivity index (χ3n) is 3.64. The highest BCUT2D eigenvalue weighted by molar-refractivity contribution is 5.77. The topological polar surface area (TPSA) is 69.6 Å². The zero-order valence-electron chi connectivity index (χ0n) is 12.5. The first kappa shape index (κ1) is 16.9. The highest BCUT2D eigenvalue weighted by Crippen LogP contribution is 2.20. The molecule has 1 aromatic rings. The summed E-state index contributed by atoms with van der Waals surface area (Å²) in [5, 5.41) is 11.7. The van der Waals surface area contributed by atoms with Gasteiger partial charge in [0.1, 0.15) is 5.82 Å². The maximum atomic E-state index is 13.5. The van der Waals surface area contributed by atoms with Crippen molar-refractivity contribution in [3.05, 3.63) is 35.6 Å². The van der Waals surface area contributed by atoms with Gasteiger partial charge in [0.25, 0.3) is 0 Å². The molecular formula is C15H21FN2O3. The fourth-order valence-electron chi connectivity index (χ4n) is 1.71. The molecule has 0 spiro atoms. The molecule has 0 saturated heterocycles. The van der Waals surface area contributed by atoms with Gasteiger partial charge in [0.15, 0.2) is 0 Å². The van der Waals surface area contributed by atoms with Gasteiger partial charge in [-0.2, -0.15) is 0 Å². The van der Waals surface area contributed by atoms with Gasteiger partial charge in [-0.05, 0) is 19.4 Å². The number of nitrogens with one attached hydrogen (secondary N) is 1. The predicted molar refractivity (Wildman–Crippen MR) is 77.3 cm³/mol. The normalized spacial score (nSPS) is 13.3. The number of halogens is 1. The largest absolute Gasteiger partial charge is 0.481 e. The van der Waals surface area contributed by atoms with Crippen LogP contribution in [0.1, 0.15) is 25.8 Å². The number of nitrogens with zero attached hydrogens (tertiary/aromatic N) is 1. The second-order valence-electron chi connectivity index (χ2n) is 5.33. The molecule has 0 aliphatic carbocycles.